The number of hydrogen-bond acceptors (Lipinski definition) is 2. The molecule has 1 aromatic rings. The molecule has 1 N–H and O–H groups in total. The van der Waals surface area contributed by atoms with Gasteiger partial charge in [-0.05, 0) is 61.8 Å². The molecule has 4 heteroatoms. The van der Waals surface area contributed by atoms with Crippen molar-refractivity contribution in [3.63, 3.8) is 0 Å². The number of piperidine rings is 1. The van der Waals surface area contributed by atoms with Gasteiger partial charge in [0.2, 0.25) is 11.8 Å². The summed E-state index contributed by atoms with van der Waals surface area (Å²) in [5.74, 6) is 2.85. The Labute approximate surface area is 162 Å². The largest absolute Gasteiger partial charge is 0.353 e. The Bertz CT molecular complexity index is 652. The first-order valence-electron chi connectivity index (χ1n) is 10.8. The van der Waals surface area contributed by atoms with Crippen LogP contribution in [0.2, 0.25) is 0 Å². The molecule has 4 rings (SSSR count). The Morgan fingerprint density at radius 2 is 1.78 bits per heavy atom. The summed E-state index contributed by atoms with van der Waals surface area (Å²) in [6.07, 6.45) is 9.25. The molecule has 3 aliphatic rings. The summed E-state index contributed by atoms with van der Waals surface area (Å²) in [7, 11) is 0. The summed E-state index contributed by atoms with van der Waals surface area (Å²) in [6, 6.07) is 10.4. The SMILES string of the molecule is O=C(CCc1ccccc1)NC1CCN(C(=O)CC2CC3CCC2C3)CC1. The Morgan fingerprint density at radius 1 is 1.00 bits per heavy atom. The first kappa shape index (κ1) is 18.5. The molecule has 2 amide bonds. The lowest BCUT2D eigenvalue weighted by Gasteiger charge is -2.34. The normalized spacial score (nSPS) is 27.7. The molecule has 3 atom stereocenters. The van der Waals surface area contributed by atoms with Gasteiger partial charge in [-0.1, -0.05) is 36.8 Å². The summed E-state index contributed by atoms with van der Waals surface area (Å²) in [4.78, 5) is 26.9. The lowest BCUT2D eigenvalue weighted by atomic mass is 9.86. The maximum Gasteiger partial charge on any atom is 0.222 e. The van der Waals surface area contributed by atoms with Gasteiger partial charge in [0.15, 0.2) is 0 Å². The van der Waals surface area contributed by atoms with Gasteiger partial charge in [0.1, 0.15) is 0 Å². The van der Waals surface area contributed by atoms with Crippen LogP contribution in [0.5, 0.6) is 0 Å². The predicted octanol–water partition coefficient (Wildman–Crippen LogP) is 3.55. The van der Waals surface area contributed by atoms with Gasteiger partial charge >= 0.3 is 0 Å². The Morgan fingerprint density at radius 3 is 2.44 bits per heavy atom. The van der Waals surface area contributed by atoms with Gasteiger partial charge in [0, 0.05) is 32.0 Å². The number of nitrogens with one attached hydrogen (secondary N) is 1. The van der Waals surface area contributed by atoms with Crippen LogP contribution in [0.25, 0.3) is 0 Å². The average Bonchev–Trinajstić information content (AvgIpc) is 3.31. The molecule has 146 valence electrons. The minimum Gasteiger partial charge on any atom is -0.353 e. The third kappa shape index (κ3) is 4.72. The van der Waals surface area contributed by atoms with Crippen LogP contribution in [0.3, 0.4) is 0 Å². The molecule has 4 nitrogen and oxygen atoms in total. The molecule has 1 aliphatic heterocycles. The zero-order chi connectivity index (χ0) is 18.6. The molecular weight excluding hydrogens is 336 g/mol. The highest BCUT2D eigenvalue weighted by Crippen LogP contribution is 2.49. The highest BCUT2D eigenvalue weighted by Gasteiger charge is 2.40. The van der Waals surface area contributed by atoms with Crippen LogP contribution in [0.1, 0.15) is 56.9 Å². The number of benzene rings is 1. The van der Waals surface area contributed by atoms with E-state index in [1.807, 2.05) is 23.1 Å². The van der Waals surface area contributed by atoms with Crippen LogP contribution >= 0.6 is 0 Å². The van der Waals surface area contributed by atoms with E-state index in [0.29, 0.717) is 18.2 Å². The Kier molecular flexibility index (Phi) is 5.80. The molecule has 3 fully saturated rings. The van der Waals surface area contributed by atoms with E-state index in [-0.39, 0.29) is 11.9 Å². The van der Waals surface area contributed by atoms with Gasteiger partial charge in [-0.3, -0.25) is 9.59 Å². The molecule has 2 bridgehead atoms. The topological polar surface area (TPSA) is 49.4 Å². The number of likely N-dealkylation sites (tertiary alicyclic amines) is 1. The fourth-order valence-electron chi connectivity index (χ4n) is 5.46. The number of aryl methyl sites for hydroxylation is 1. The van der Waals surface area contributed by atoms with Gasteiger partial charge in [0.05, 0.1) is 0 Å². The van der Waals surface area contributed by atoms with Gasteiger partial charge in [-0.25, -0.2) is 0 Å². The van der Waals surface area contributed by atoms with E-state index >= 15 is 0 Å². The molecule has 2 aliphatic carbocycles. The van der Waals surface area contributed by atoms with Crippen molar-refractivity contribution in [1.82, 2.24) is 10.2 Å². The van der Waals surface area contributed by atoms with Crippen molar-refractivity contribution in [1.29, 1.82) is 0 Å². The number of carbonyl (C=O) groups excluding carboxylic acids is 2. The predicted molar refractivity (Wildman–Crippen MR) is 106 cm³/mol. The van der Waals surface area contributed by atoms with E-state index in [1.165, 1.54) is 31.2 Å². The third-order valence-corrected chi connectivity index (χ3v) is 7.02. The second-order valence-corrected chi connectivity index (χ2v) is 8.85. The summed E-state index contributed by atoms with van der Waals surface area (Å²) < 4.78 is 0. The molecule has 3 unspecified atom stereocenters. The first-order valence-corrected chi connectivity index (χ1v) is 10.8. The van der Waals surface area contributed by atoms with Crippen LogP contribution in [0.4, 0.5) is 0 Å². The van der Waals surface area contributed by atoms with Crippen LogP contribution in [-0.2, 0) is 16.0 Å². The summed E-state index contributed by atoms with van der Waals surface area (Å²) in [6.45, 7) is 1.59. The van der Waals surface area contributed by atoms with Crippen LogP contribution in [0, 0.1) is 17.8 Å². The van der Waals surface area contributed by atoms with Crippen molar-refractivity contribution in [2.24, 2.45) is 17.8 Å². The second-order valence-electron chi connectivity index (χ2n) is 8.85. The molecule has 1 aromatic carbocycles. The van der Waals surface area contributed by atoms with Crippen molar-refractivity contribution in [2.75, 3.05) is 13.1 Å². The van der Waals surface area contributed by atoms with E-state index in [2.05, 4.69) is 17.4 Å². The third-order valence-electron chi connectivity index (χ3n) is 7.02. The van der Waals surface area contributed by atoms with Gasteiger partial charge < -0.3 is 10.2 Å². The standard InChI is InChI=1S/C23H32N2O2/c26-22(9-7-17-4-2-1-3-5-17)24-21-10-12-25(13-11-21)23(27)16-20-15-18-6-8-19(20)14-18/h1-5,18-21H,6-16H2,(H,24,26). The molecule has 1 heterocycles. The average molecular weight is 369 g/mol. The molecule has 27 heavy (non-hydrogen) atoms. The lowest BCUT2D eigenvalue weighted by molar-refractivity contribution is -0.133. The number of hydrogen-bond donors (Lipinski definition) is 1. The highest BCUT2D eigenvalue weighted by atomic mass is 16.2. The zero-order valence-electron chi connectivity index (χ0n) is 16.2. The summed E-state index contributed by atoms with van der Waals surface area (Å²) >= 11 is 0. The molecule has 0 radical (unpaired) electrons. The number of fused-ring (bicyclic) bond motifs is 2. The Hall–Kier alpha value is -1.84. The molecule has 0 aromatic heterocycles. The van der Waals surface area contributed by atoms with Crippen molar-refractivity contribution in [3.05, 3.63) is 35.9 Å². The summed E-state index contributed by atoms with van der Waals surface area (Å²) in [5.41, 5.74) is 1.20. The molecule has 0 spiro atoms. The van der Waals surface area contributed by atoms with E-state index < -0.39 is 0 Å². The number of rotatable bonds is 6. The molecular formula is C23H32N2O2. The zero-order valence-corrected chi connectivity index (χ0v) is 16.2. The van der Waals surface area contributed by atoms with Crippen molar-refractivity contribution in [2.45, 2.75) is 63.8 Å². The maximum absolute atomic E-state index is 12.7. The van der Waals surface area contributed by atoms with E-state index in [1.54, 1.807) is 0 Å². The van der Waals surface area contributed by atoms with Crippen LogP contribution in [0.15, 0.2) is 30.3 Å². The molecule has 1 saturated heterocycles. The van der Waals surface area contributed by atoms with E-state index in [9.17, 15) is 9.59 Å². The quantitative estimate of drug-likeness (QED) is 0.835. The number of carbonyl (C=O) groups is 2. The van der Waals surface area contributed by atoms with Gasteiger partial charge in [0.25, 0.3) is 0 Å². The minimum absolute atomic E-state index is 0.130. The van der Waals surface area contributed by atoms with Gasteiger partial charge in [-0.15, -0.1) is 0 Å². The van der Waals surface area contributed by atoms with Crippen molar-refractivity contribution >= 4 is 11.8 Å². The second kappa shape index (κ2) is 8.45. The lowest BCUT2D eigenvalue weighted by Crippen LogP contribution is -2.47. The van der Waals surface area contributed by atoms with E-state index in [4.69, 9.17) is 0 Å². The molecule has 2 saturated carbocycles. The maximum atomic E-state index is 12.7. The number of nitrogens with zero attached hydrogens (tertiary/aromatic N) is 1. The smallest absolute Gasteiger partial charge is 0.222 e. The Balaban J connectivity index is 1.15. The van der Waals surface area contributed by atoms with Gasteiger partial charge in [-0.2, -0.15) is 0 Å². The van der Waals surface area contributed by atoms with E-state index in [0.717, 1.165) is 50.6 Å². The first-order chi connectivity index (χ1) is 13.2. The fourth-order valence-corrected chi connectivity index (χ4v) is 5.46. The number of amides is 2. The summed E-state index contributed by atoms with van der Waals surface area (Å²) in [5, 5.41) is 3.17. The monoisotopic (exact) mass is 368 g/mol. The highest BCUT2D eigenvalue weighted by molar-refractivity contribution is 5.77. The van der Waals surface area contributed by atoms with Crippen molar-refractivity contribution < 1.29 is 9.59 Å². The van der Waals surface area contributed by atoms with Crippen LogP contribution < -0.4 is 5.32 Å². The van der Waals surface area contributed by atoms with Crippen molar-refractivity contribution in [3.8, 4) is 0 Å². The minimum atomic E-state index is 0.130. The fraction of sp³-hybridized carbons (Fsp3) is 0.652. The van der Waals surface area contributed by atoms with Crippen LogP contribution in [-0.4, -0.2) is 35.8 Å².